The molecule has 4 rings (SSSR count). The van der Waals surface area contributed by atoms with Gasteiger partial charge in [0.15, 0.2) is 12.2 Å². The van der Waals surface area contributed by atoms with Crippen molar-refractivity contribution >= 4 is 29.0 Å². The van der Waals surface area contributed by atoms with Crippen LogP contribution in [0, 0.1) is 0 Å². The Morgan fingerprint density at radius 1 is 1.15 bits per heavy atom. The van der Waals surface area contributed by atoms with Crippen LogP contribution in [0.1, 0.15) is 5.56 Å². The summed E-state index contributed by atoms with van der Waals surface area (Å²) in [4.78, 5) is 14.5. The van der Waals surface area contributed by atoms with Gasteiger partial charge < -0.3 is 18.9 Å². The summed E-state index contributed by atoms with van der Waals surface area (Å²) in [6.45, 7) is 0.650. The molecule has 2 aliphatic rings. The molecule has 6 nitrogen and oxygen atoms in total. The van der Waals surface area contributed by atoms with E-state index in [9.17, 15) is 4.79 Å². The first kappa shape index (κ1) is 17.8. The highest BCUT2D eigenvalue weighted by Crippen LogP contribution is 2.35. The van der Waals surface area contributed by atoms with E-state index in [4.69, 9.17) is 31.2 Å². The molecular formula is C20H19NO5S. The first-order valence-electron chi connectivity index (χ1n) is 8.63. The molecule has 1 amide bonds. The van der Waals surface area contributed by atoms with Crippen molar-refractivity contribution in [3.05, 3.63) is 60.2 Å². The highest BCUT2D eigenvalue weighted by atomic mass is 32.1. The molecular weight excluding hydrogens is 366 g/mol. The van der Waals surface area contributed by atoms with Crippen molar-refractivity contribution in [3.8, 4) is 5.75 Å². The summed E-state index contributed by atoms with van der Waals surface area (Å²) in [5.74, 6) is 0.615. The third-order valence-electron chi connectivity index (χ3n) is 4.71. The molecule has 2 aromatic rings. The number of hydrogen-bond donors (Lipinski definition) is 0. The van der Waals surface area contributed by atoms with Gasteiger partial charge >= 0.3 is 5.24 Å². The van der Waals surface area contributed by atoms with Crippen LogP contribution in [0.15, 0.2) is 54.6 Å². The van der Waals surface area contributed by atoms with E-state index in [-0.39, 0.29) is 23.3 Å². The number of methoxy groups -OCH3 is 1. The summed E-state index contributed by atoms with van der Waals surface area (Å²) in [6, 6.07) is 16.7. The van der Waals surface area contributed by atoms with Gasteiger partial charge in [0.25, 0.3) is 5.91 Å². The monoisotopic (exact) mass is 385 g/mol. The number of β-lactam (4-membered cyclic amide) rings is 1. The van der Waals surface area contributed by atoms with Crippen LogP contribution in [0.4, 0.5) is 5.69 Å². The average molecular weight is 385 g/mol. The summed E-state index contributed by atoms with van der Waals surface area (Å²) in [5, 5.41) is 0.107. The number of anilines is 1. The Morgan fingerprint density at radius 3 is 2.52 bits per heavy atom. The predicted octanol–water partition coefficient (Wildman–Crippen LogP) is 2.70. The normalized spacial score (nSPS) is 24.2. The minimum atomic E-state index is -0.609. The fourth-order valence-electron chi connectivity index (χ4n) is 3.33. The molecule has 140 valence electrons. The molecule has 0 aliphatic carbocycles. The van der Waals surface area contributed by atoms with Crippen LogP contribution in [-0.2, 0) is 25.6 Å². The van der Waals surface area contributed by atoms with Crippen LogP contribution >= 0.6 is 12.2 Å². The molecule has 1 unspecified atom stereocenters. The third kappa shape index (κ3) is 3.48. The summed E-state index contributed by atoms with van der Waals surface area (Å²) < 4.78 is 22.0. The molecule has 2 heterocycles. The molecule has 0 aromatic heterocycles. The Morgan fingerprint density at radius 2 is 1.89 bits per heavy atom. The predicted molar refractivity (Wildman–Crippen MR) is 103 cm³/mol. The van der Waals surface area contributed by atoms with Gasteiger partial charge in [0.05, 0.1) is 13.7 Å². The number of amides is 1. The summed E-state index contributed by atoms with van der Waals surface area (Å²) in [5.41, 5.74) is 1.76. The zero-order valence-corrected chi connectivity index (χ0v) is 15.6. The van der Waals surface area contributed by atoms with E-state index >= 15 is 0 Å². The van der Waals surface area contributed by atoms with Crippen LogP contribution in [0.3, 0.4) is 0 Å². The van der Waals surface area contributed by atoms with Gasteiger partial charge in [-0.25, -0.2) is 0 Å². The SMILES string of the molecule is COc1ccc(N2C(=O)[C@H](OCc3ccccc3)[C@@H]2C2COC(=S)O2)cc1. The Bertz CT molecular complexity index is 826. The van der Waals surface area contributed by atoms with Gasteiger partial charge in [-0.3, -0.25) is 9.69 Å². The molecule has 2 aliphatic heterocycles. The second-order valence-electron chi connectivity index (χ2n) is 6.33. The standard InChI is InChI=1S/C20H19NO5S/c1-23-15-9-7-14(8-10-15)21-17(16-12-25-20(27)26-16)18(19(21)22)24-11-13-5-3-2-4-6-13/h2-10,16-18H,11-12H2,1H3/t16?,17-,18+/m0/s1. The topological polar surface area (TPSA) is 57.2 Å². The van der Waals surface area contributed by atoms with E-state index in [1.54, 1.807) is 12.0 Å². The van der Waals surface area contributed by atoms with Crippen molar-refractivity contribution in [1.29, 1.82) is 0 Å². The number of carbonyl (C=O) groups excluding carboxylic acids is 1. The largest absolute Gasteiger partial charge is 0.497 e. The van der Waals surface area contributed by atoms with E-state index in [1.807, 2.05) is 54.6 Å². The molecule has 0 bridgehead atoms. The molecule has 2 fully saturated rings. The maximum atomic E-state index is 12.8. The lowest BCUT2D eigenvalue weighted by Crippen LogP contribution is -2.70. The lowest BCUT2D eigenvalue weighted by molar-refractivity contribution is -0.147. The number of ether oxygens (including phenoxy) is 4. The van der Waals surface area contributed by atoms with Crippen molar-refractivity contribution in [1.82, 2.24) is 0 Å². The summed E-state index contributed by atoms with van der Waals surface area (Å²) >= 11 is 4.98. The quantitative estimate of drug-likeness (QED) is 0.563. The minimum Gasteiger partial charge on any atom is -0.497 e. The summed E-state index contributed by atoms with van der Waals surface area (Å²) in [7, 11) is 1.60. The first-order valence-corrected chi connectivity index (χ1v) is 9.04. The maximum absolute atomic E-state index is 12.8. The molecule has 27 heavy (non-hydrogen) atoms. The Hall–Kier alpha value is -2.64. The number of nitrogens with zero attached hydrogens (tertiary/aromatic N) is 1. The Kier molecular flexibility index (Phi) is 4.96. The first-order chi connectivity index (χ1) is 13.2. The van der Waals surface area contributed by atoms with Gasteiger partial charge in [-0.15, -0.1) is 0 Å². The van der Waals surface area contributed by atoms with Gasteiger partial charge in [0, 0.05) is 17.9 Å². The highest BCUT2D eigenvalue weighted by Gasteiger charge is 2.55. The lowest BCUT2D eigenvalue weighted by Gasteiger charge is -2.47. The number of benzene rings is 2. The molecule has 0 spiro atoms. The van der Waals surface area contributed by atoms with Crippen molar-refractivity contribution in [3.63, 3.8) is 0 Å². The Balaban J connectivity index is 1.53. The second-order valence-corrected chi connectivity index (χ2v) is 6.66. The van der Waals surface area contributed by atoms with Crippen LogP contribution in [0.2, 0.25) is 0 Å². The van der Waals surface area contributed by atoms with Crippen LogP contribution in [-0.4, -0.2) is 43.1 Å². The van der Waals surface area contributed by atoms with E-state index in [0.717, 1.165) is 17.0 Å². The third-order valence-corrected chi connectivity index (χ3v) is 4.92. The van der Waals surface area contributed by atoms with E-state index in [0.29, 0.717) is 13.2 Å². The smallest absolute Gasteiger partial charge is 0.352 e. The Labute approximate surface area is 162 Å². The zero-order valence-electron chi connectivity index (χ0n) is 14.7. The van der Waals surface area contributed by atoms with E-state index < -0.39 is 6.10 Å². The van der Waals surface area contributed by atoms with Crippen LogP contribution < -0.4 is 9.64 Å². The molecule has 2 saturated heterocycles. The van der Waals surface area contributed by atoms with E-state index in [1.165, 1.54) is 0 Å². The van der Waals surface area contributed by atoms with Gasteiger partial charge in [-0.2, -0.15) is 0 Å². The van der Waals surface area contributed by atoms with Crippen LogP contribution in [0.5, 0.6) is 5.75 Å². The molecule has 0 N–H and O–H groups in total. The maximum Gasteiger partial charge on any atom is 0.352 e. The van der Waals surface area contributed by atoms with Gasteiger partial charge in [0.1, 0.15) is 18.4 Å². The van der Waals surface area contributed by atoms with Crippen LogP contribution in [0.25, 0.3) is 0 Å². The lowest BCUT2D eigenvalue weighted by atomic mass is 9.91. The number of carbonyl (C=O) groups is 1. The van der Waals surface area contributed by atoms with Gasteiger partial charge in [0.2, 0.25) is 0 Å². The number of thiocarbonyl (C=S) groups is 1. The second kappa shape index (κ2) is 7.54. The van der Waals surface area contributed by atoms with Gasteiger partial charge in [-0.05, 0) is 29.8 Å². The molecule has 3 atom stereocenters. The minimum absolute atomic E-state index is 0.107. The molecule has 7 heteroatoms. The highest BCUT2D eigenvalue weighted by molar-refractivity contribution is 7.79. The molecule has 0 saturated carbocycles. The van der Waals surface area contributed by atoms with Crippen molar-refractivity contribution < 1.29 is 23.7 Å². The van der Waals surface area contributed by atoms with E-state index in [2.05, 4.69) is 0 Å². The van der Waals surface area contributed by atoms with Crippen molar-refractivity contribution in [2.75, 3.05) is 18.6 Å². The van der Waals surface area contributed by atoms with Crippen molar-refractivity contribution in [2.45, 2.75) is 24.9 Å². The molecule has 0 radical (unpaired) electrons. The zero-order chi connectivity index (χ0) is 18.8. The van der Waals surface area contributed by atoms with Gasteiger partial charge in [-0.1, -0.05) is 30.3 Å². The fraction of sp³-hybridized carbons (Fsp3) is 0.300. The number of rotatable bonds is 6. The number of hydrogen-bond acceptors (Lipinski definition) is 6. The van der Waals surface area contributed by atoms with Crippen molar-refractivity contribution in [2.24, 2.45) is 0 Å². The summed E-state index contributed by atoms with van der Waals surface area (Å²) in [6.07, 6.45) is -0.972. The fourth-order valence-corrected chi connectivity index (χ4v) is 3.52. The molecule has 2 aromatic carbocycles. The average Bonchev–Trinajstić information content (AvgIpc) is 3.12.